The molecule has 5 atom stereocenters. The van der Waals surface area contributed by atoms with Crippen LogP contribution in [0, 0.1) is 17.8 Å². The van der Waals surface area contributed by atoms with Crippen molar-refractivity contribution in [3.05, 3.63) is 48.6 Å². The van der Waals surface area contributed by atoms with E-state index in [-0.39, 0.29) is 23.7 Å². The maximum absolute atomic E-state index is 12.5. The molecule has 1 saturated heterocycles. The second-order valence-corrected chi connectivity index (χ2v) is 6.72. The second kappa shape index (κ2) is 6.07. The summed E-state index contributed by atoms with van der Waals surface area (Å²) >= 11 is 0. The first-order valence-electron chi connectivity index (χ1n) is 8.13. The van der Waals surface area contributed by atoms with Gasteiger partial charge in [-0.2, -0.15) is 0 Å². The summed E-state index contributed by atoms with van der Waals surface area (Å²) in [6, 6.07) is 10.2. The molecule has 1 aliphatic carbocycles. The van der Waals surface area contributed by atoms with Crippen LogP contribution in [0.15, 0.2) is 43.0 Å². The van der Waals surface area contributed by atoms with Gasteiger partial charge >= 0.3 is 0 Å². The summed E-state index contributed by atoms with van der Waals surface area (Å²) < 4.78 is 0. The fraction of sp³-hybridized carbons (Fsp3) is 0.474. The number of fused-ring (bicyclic) bond motifs is 1. The van der Waals surface area contributed by atoms with Crippen molar-refractivity contribution in [1.29, 1.82) is 0 Å². The molecule has 1 aliphatic heterocycles. The van der Waals surface area contributed by atoms with Crippen LogP contribution in [0.1, 0.15) is 37.7 Å². The monoisotopic (exact) mass is 297 g/mol. The number of benzene rings is 1. The summed E-state index contributed by atoms with van der Waals surface area (Å²) in [5.74, 6) is 0.0110. The lowest BCUT2D eigenvalue weighted by molar-refractivity contribution is -0.138. The van der Waals surface area contributed by atoms with E-state index in [0.717, 1.165) is 24.8 Å². The first kappa shape index (κ1) is 15.0. The molecule has 3 nitrogen and oxygen atoms in total. The van der Waals surface area contributed by atoms with Gasteiger partial charge in [0.25, 0.3) is 0 Å². The van der Waals surface area contributed by atoms with Crippen LogP contribution in [-0.4, -0.2) is 17.7 Å². The van der Waals surface area contributed by atoms with E-state index in [1.165, 1.54) is 6.08 Å². The van der Waals surface area contributed by atoms with E-state index in [2.05, 4.69) is 18.8 Å². The molecule has 0 spiro atoms. The number of carbonyl (C=O) groups excluding carboxylic acids is 2. The minimum absolute atomic E-state index is 0.0341. The van der Waals surface area contributed by atoms with Crippen LogP contribution < -0.4 is 5.32 Å². The molecule has 1 saturated carbocycles. The fourth-order valence-corrected chi connectivity index (χ4v) is 4.23. The Hall–Kier alpha value is -1.90. The van der Waals surface area contributed by atoms with Gasteiger partial charge in [0.1, 0.15) is 5.92 Å². The Bertz CT molecular complexity index is 580. The van der Waals surface area contributed by atoms with E-state index in [0.29, 0.717) is 11.8 Å². The molecular formula is C19H23NO2. The Morgan fingerprint density at radius 3 is 2.68 bits per heavy atom. The lowest BCUT2D eigenvalue weighted by Crippen LogP contribution is -2.57. The topological polar surface area (TPSA) is 46.2 Å². The molecular weight excluding hydrogens is 274 g/mol. The lowest BCUT2D eigenvalue weighted by atomic mass is 9.63. The van der Waals surface area contributed by atoms with Crippen molar-refractivity contribution >= 4 is 11.7 Å². The number of carbonyl (C=O) groups is 2. The van der Waals surface area contributed by atoms with Crippen LogP contribution in [0.2, 0.25) is 0 Å². The molecule has 22 heavy (non-hydrogen) atoms. The van der Waals surface area contributed by atoms with Crippen LogP contribution in [0.5, 0.6) is 0 Å². The molecule has 0 aromatic heterocycles. The highest BCUT2D eigenvalue weighted by molar-refractivity contribution is 6.08. The third kappa shape index (κ3) is 2.60. The summed E-state index contributed by atoms with van der Waals surface area (Å²) in [5.41, 5.74) is 1.10. The predicted molar refractivity (Wildman–Crippen MR) is 86.3 cm³/mol. The van der Waals surface area contributed by atoms with E-state index in [9.17, 15) is 9.59 Å². The summed E-state index contributed by atoms with van der Waals surface area (Å²) in [7, 11) is 0. The molecule has 1 aromatic carbocycles. The van der Waals surface area contributed by atoms with Gasteiger partial charge in [-0.15, -0.1) is 0 Å². The van der Waals surface area contributed by atoms with Crippen molar-refractivity contribution < 1.29 is 9.59 Å². The summed E-state index contributed by atoms with van der Waals surface area (Å²) in [6.45, 7) is 5.85. The number of hydrogen-bond acceptors (Lipinski definition) is 2. The van der Waals surface area contributed by atoms with Crippen LogP contribution in [-0.2, 0) is 9.59 Å². The molecule has 0 radical (unpaired) electrons. The van der Waals surface area contributed by atoms with Crippen molar-refractivity contribution in [1.82, 2.24) is 5.32 Å². The molecule has 116 valence electrons. The average molecular weight is 297 g/mol. The Balaban J connectivity index is 2.03. The summed E-state index contributed by atoms with van der Waals surface area (Å²) in [5, 5.41) is 3.10. The molecule has 2 fully saturated rings. The van der Waals surface area contributed by atoms with E-state index in [1.54, 1.807) is 0 Å². The molecule has 2 aliphatic rings. The molecule has 3 heteroatoms. The average Bonchev–Trinajstić information content (AvgIpc) is 2.54. The second-order valence-electron chi connectivity index (χ2n) is 6.72. The molecule has 1 N–H and O–H groups in total. The number of amides is 1. The van der Waals surface area contributed by atoms with E-state index in [1.807, 2.05) is 30.3 Å². The molecule has 1 amide bonds. The standard InChI is InChI=1S/C19H23NO2/c1-3-16(21)18-17(13-7-5-4-6-8-13)14-11-12(2)9-10-15(14)20-19(18)22/h3-8,12,14-15,17-18H,1,9-11H2,2H3,(H,20,22). The van der Waals surface area contributed by atoms with E-state index in [4.69, 9.17) is 0 Å². The van der Waals surface area contributed by atoms with Gasteiger partial charge in [-0.3, -0.25) is 9.59 Å². The lowest BCUT2D eigenvalue weighted by Gasteiger charge is -2.46. The minimum atomic E-state index is -0.633. The van der Waals surface area contributed by atoms with Crippen molar-refractivity contribution in [2.45, 2.75) is 38.1 Å². The number of allylic oxidation sites excluding steroid dienone is 1. The predicted octanol–water partition coefficient (Wildman–Crippen LogP) is 3.08. The third-order valence-electron chi connectivity index (χ3n) is 5.28. The zero-order valence-electron chi connectivity index (χ0n) is 13.0. The number of nitrogens with one attached hydrogen (secondary N) is 1. The van der Waals surface area contributed by atoms with Gasteiger partial charge in [-0.05, 0) is 42.7 Å². The Morgan fingerprint density at radius 1 is 1.27 bits per heavy atom. The van der Waals surface area contributed by atoms with Gasteiger partial charge in [0, 0.05) is 12.0 Å². The first-order chi connectivity index (χ1) is 10.6. The van der Waals surface area contributed by atoms with Gasteiger partial charge in [0.2, 0.25) is 5.91 Å². The minimum Gasteiger partial charge on any atom is -0.352 e. The first-order valence-corrected chi connectivity index (χ1v) is 8.13. The van der Waals surface area contributed by atoms with Gasteiger partial charge < -0.3 is 5.32 Å². The van der Waals surface area contributed by atoms with Gasteiger partial charge in [-0.1, -0.05) is 43.8 Å². The van der Waals surface area contributed by atoms with Crippen LogP contribution >= 0.6 is 0 Å². The Morgan fingerprint density at radius 2 is 2.00 bits per heavy atom. The van der Waals surface area contributed by atoms with Gasteiger partial charge in [-0.25, -0.2) is 0 Å². The number of ketones is 1. The van der Waals surface area contributed by atoms with Crippen molar-refractivity contribution in [2.24, 2.45) is 17.8 Å². The Labute approximate surface area is 131 Å². The van der Waals surface area contributed by atoms with Crippen molar-refractivity contribution in [2.75, 3.05) is 0 Å². The maximum atomic E-state index is 12.5. The molecule has 5 unspecified atom stereocenters. The largest absolute Gasteiger partial charge is 0.352 e. The summed E-state index contributed by atoms with van der Waals surface area (Å²) in [6.07, 6.45) is 4.51. The highest BCUT2D eigenvalue weighted by Gasteiger charge is 2.48. The Kier molecular flexibility index (Phi) is 4.14. The quantitative estimate of drug-likeness (QED) is 0.688. The summed E-state index contributed by atoms with van der Waals surface area (Å²) in [4.78, 5) is 24.9. The smallest absolute Gasteiger partial charge is 0.231 e. The van der Waals surface area contributed by atoms with Crippen LogP contribution in [0.4, 0.5) is 0 Å². The molecule has 3 rings (SSSR count). The number of hydrogen-bond donors (Lipinski definition) is 1. The van der Waals surface area contributed by atoms with Gasteiger partial charge in [0.15, 0.2) is 5.78 Å². The van der Waals surface area contributed by atoms with E-state index >= 15 is 0 Å². The number of rotatable bonds is 3. The highest BCUT2D eigenvalue weighted by Crippen LogP contribution is 2.45. The third-order valence-corrected chi connectivity index (χ3v) is 5.28. The van der Waals surface area contributed by atoms with Crippen molar-refractivity contribution in [3.8, 4) is 0 Å². The van der Waals surface area contributed by atoms with Crippen LogP contribution in [0.25, 0.3) is 0 Å². The molecule has 1 aromatic rings. The maximum Gasteiger partial charge on any atom is 0.231 e. The zero-order chi connectivity index (χ0) is 15.7. The highest BCUT2D eigenvalue weighted by atomic mass is 16.2. The number of piperidine rings is 1. The fourth-order valence-electron chi connectivity index (χ4n) is 4.23. The molecule has 1 heterocycles. The zero-order valence-corrected chi connectivity index (χ0v) is 13.0. The molecule has 0 bridgehead atoms. The normalized spacial score (nSPS) is 34.4. The van der Waals surface area contributed by atoms with Crippen LogP contribution in [0.3, 0.4) is 0 Å². The SMILES string of the molecule is C=CC(=O)C1C(=O)NC2CCC(C)CC2C1c1ccccc1. The van der Waals surface area contributed by atoms with E-state index < -0.39 is 5.92 Å². The van der Waals surface area contributed by atoms with Crippen molar-refractivity contribution in [3.63, 3.8) is 0 Å². The van der Waals surface area contributed by atoms with Gasteiger partial charge in [0.05, 0.1) is 0 Å².